The second-order valence-electron chi connectivity index (χ2n) is 5.66. The SMILES string of the molecule is O=c1ccc2c([nH]1)CCCC2NCCCCn1ccnc1. The summed E-state index contributed by atoms with van der Waals surface area (Å²) in [6.45, 7) is 2.04. The molecule has 0 radical (unpaired) electrons. The van der Waals surface area contributed by atoms with Crippen molar-refractivity contribution in [3.05, 3.63) is 52.5 Å². The van der Waals surface area contributed by atoms with Gasteiger partial charge >= 0.3 is 0 Å². The van der Waals surface area contributed by atoms with Gasteiger partial charge in [-0.25, -0.2) is 4.98 Å². The van der Waals surface area contributed by atoms with Gasteiger partial charge in [0.25, 0.3) is 0 Å². The molecule has 1 aliphatic rings. The van der Waals surface area contributed by atoms with Crippen molar-refractivity contribution in [1.82, 2.24) is 19.9 Å². The molecule has 0 aliphatic heterocycles. The summed E-state index contributed by atoms with van der Waals surface area (Å²) in [6, 6.07) is 4.01. The molecule has 0 aromatic carbocycles. The molecule has 2 aromatic heterocycles. The quantitative estimate of drug-likeness (QED) is 0.799. The van der Waals surface area contributed by atoms with Crippen molar-refractivity contribution in [2.24, 2.45) is 0 Å². The Hall–Kier alpha value is -1.88. The Morgan fingerprint density at radius 3 is 3.19 bits per heavy atom. The molecule has 5 heteroatoms. The highest BCUT2D eigenvalue weighted by atomic mass is 16.1. The smallest absolute Gasteiger partial charge is 0.248 e. The molecule has 21 heavy (non-hydrogen) atoms. The molecule has 3 rings (SSSR count). The van der Waals surface area contributed by atoms with Gasteiger partial charge in [0.05, 0.1) is 6.33 Å². The zero-order valence-electron chi connectivity index (χ0n) is 12.2. The number of imidazole rings is 1. The van der Waals surface area contributed by atoms with E-state index in [0.29, 0.717) is 6.04 Å². The molecule has 0 saturated heterocycles. The van der Waals surface area contributed by atoms with Crippen molar-refractivity contribution >= 4 is 0 Å². The third kappa shape index (κ3) is 3.61. The summed E-state index contributed by atoms with van der Waals surface area (Å²) in [5.74, 6) is 0. The molecular weight excluding hydrogens is 264 g/mol. The van der Waals surface area contributed by atoms with E-state index in [1.807, 2.05) is 24.8 Å². The molecule has 2 N–H and O–H groups in total. The minimum atomic E-state index is 0.00901. The highest BCUT2D eigenvalue weighted by Gasteiger charge is 2.19. The molecule has 112 valence electrons. The van der Waals surface area contributed by atoms with E-state index in [-0.39, 0.29) is 5.56 Å². The number of aryl methyl sites for hydroxylation is 2. The number of nitrogens with zero attached hydrogens (tertiary/aromatic N) is 2. The normalized spacial score (nSPS) is 17.6. The van der Waals surface area contributed by atoms with E-state index in [0.717, 1.165) is 50.9 Å². The summed E-state index contributed by atoms with van der Waals surface area (Å²) in [5.41, 5.74) is 2.40. The van der Waals surface area contributed by atoms with Crippen molar-refractivity contribution in [2.45, 2.75) is 44.7 Å². The largest absolute Gasteiger partial charge is 0.337 e. The van der Waals surface area contributed by atoms with Gasteiger partial charge in [-0.2, -0.15) is 0 Å². The number of nitrogens with one attached hydrogen (secondary N) is 2. The molecule has 1 unspecified atom stereocenters. The molecule has 0 fully saturated rings. The Kier molecular flexibility index (Phi) is 4.50. The van der Waals surface area contributed by atoms with E-state index in [1.165, 1.54) is 5.56 Å². The van der Waals surface area contributed by atoms with Crippen LogP contribution in [0.3, 0.4) is 0 Å². The molecule has 0 spiro atoms. The lowest BCUT2D eigenvalue weighted by atomic mass is 9.91. The van der Waals surface area contributed by atoms with Gasteiger partial charge in [0.2, 0.25) is 5.56 Å². The Labute approximate surface area is 124 Å². The molecular formula is C16H22N4O. The highest BCUT2D eigenvalue weighted by molar-refractivity contribution is 5.26. The van der Waals surface area contributed by atoms with Crippen LogP contribution in [-0.4, -0.2) is 21.1 Å². The first kappa shape index (κ1) is 14.1. The molecule has 0 saturated carbocycles. The summed E-state index contributed by atoms with van der Waals surface area (Å²) in [5, 5.41) is 3.63. The predicted octanol–water partition coefficient (Wildman–Crippen LogP) is 2.02. The van der Waals surface area contributed by atoms with Crippen LogP contribution >= 0.6 is 0 Å². The number of H-pyrrole nitrogens is 1. The summed E-state index contributed by atoms with van der Waals surface area (Å²) in [6.07, 6.45) is 11.3. The van der Waals surface area contributed by atoms with Gasteiger partial charge in [-0.1, -0.05) is 6.07 Å². The number of hydrogen-bond donors (Lipinski definition) is 2. The monoisotopic (exact) mass is 286 g/mol. The van der Waals surface area contributed by atoms with Crippen LogP contribution in [-0.2, 0) is 13.0 Å². The minimum Gasteiger partial charge on any atom is -0.337 e. The molecule has 1 atom stereocenters. The van der Waals surface area contributed by atoms with Crippen molar-refractivity contribution in [1.29, 1.82) is 0 Å². The predicted molar refractivity (Wildman–Crippen MR) is 82.2 cm³/mol. The lowest BCUT2D eigenvalue weighted by Gasteiger charge is -2.26. The number of rotatable bonds is 6. The number of aromatic amines is 1. The van der Waals surface area contributed by atoms with E-state index >= 15 is 0 Å². The molecule has 1 aliphatic carbocycles. The van der Waals surface area contributed by atoms with Gasteiger partial charge in [-0.15, -0.1) is 0 Å². The fourth-order valence-electron chi connectivity index (χ4n) is 3.03. The Morgan fingerprint density at radius 2 is 2.33 bits per heavy atom. The van der Waals surface area contributed by atoms with E-state index in [9.17, 15) is 4.79 Å². The minimum absolute atomic E-state index is 0.00901. The number of aromatic nitrogens is 3. The third-order valence-electron chi connectivity index (χ3n) is 4.12. The van der Waals surface area contributed by atoms with Crippen molar-refractivity contribution in [3.63, 3.8) is 0 Å². The Morgan fingerprint density at radius 1 is 1.38 bits per heavy atom. The van der Waals surface area contributed by atoms with Crippen LogP contribution in [0.2, 0.25) is 0 Å². The van der Waals surface area contributed by atoms with Crippen LogP contribution < -0.4 is 10.9 Å². The fourth-order valence-corrected chi connectivity index (χ4v) is 3.03. The summed E-state index contributed by atoms with van der Waals surface area (Å²) in [7, 11) is 0. The zero-order chi connectivity index (χ0) is 14.5. The second-order valence-corrected chi connectivity index (χ2v) is 5.66. The van der Waals surface area contributed by atoms with Crippen LogP contribution in [0.5, 0.6) is 0 Å². The maximum atomic E-state index is 11.4. The van der Waals surface area contributed by atoms with Gasteiger partial charge in [0, 0.05) is 36.7 Å². The van der Waals surface area contributed by atoms with E-state index in [1.54, 1.807) is 6.07 Å². The van der Waals surface area contributed by atoms with E-state index in [4.69, 9.17) is 0 Å². The third-order valence-corrected chi connectivity index (χ3v) is 4.12. The molecule has 2 aromatic rings. The first-order chi connectivity index (χ1) is 10.3. The lowest BCUT2D eigenvalue weighted by molar-refractivity contribution is 0.442. The number of unbranched alkanes of at least 4 members (excludes halogenated alkanes) is 1. The first-order valence-corrected chi connectivity index (χ1v) is 7.74. The van der Waals surface area contributed by atoms with E-state index < -0.39 is 0 Å². The molecule has 2 heterocycles. The summed E-state index contributed by atoms with van der Waals surface area (Å²) >= 11 is 0. The second kappa shape index (κ2) is 6.72. The Bertz CT molecular complexity index is 617. The van der Waals surface area contributed by atoms with Crippen molar-refractivity contribution < 1.29 is 0 Å². The molecule has 0 amide bonds. The van der Waals surface area contributed by atoms with Gasteiger partial charge < -0.3 is 14.9 Å². The van der Waals surface area contributed by atoms with Crippen LogP contribution in [0.1, 0.15) is 43.0 Å². The summed E-state index contributed by atoms with van der Waals surface area (Å²) in [4.78, 5) is 18.4. The average Bonchev–Trinajstić information content (AvgIpc) is 3.00. The standard InChI is InChI=1S/C16H22N4O/c21-16-7-6-13-14(4-3-5-15(13)19-16)18-8-1-2-10-20-11-9-17-12-20/h6-7,9,11-12,14,18H,1-5,8,10H2,(H,19,21). The number of fused-ring (bicyclic) bond motifs is 1. The molecule has 0 bridgehead atoms. The summed E-state index contributed by atoms with van der Waals surface area (Å²) < 4.78 is 2.11. The number of pyridine rings is 1. The van der Waals surface area contributed by atoms with Crippen LogP contribution in [0.4, 0.5) is 0 Å². The van der Waals surface area contributed by atoms with Crippen LogP contribution in [0.15, 0.2) is 35.6 Å². The van der Waals surface area contributed by atoms with Crippen LogP contribution in [0, 0.1) is 0 Å². The molecule has 5 nitrogen and oxygen atoms in total. The zero-order valence-corrected chi connectivity index (χ0v) is 12.2. The van der Waals surface area contributed by atoms with Gasteiger partial charge in [0.1, 0.15) is 0 Å². The Balaban J connectivity index is 1.47. The topological polar surface area (TPSA) is 62.7 Å². The van der Waals surface area contributed by atoms with Gasteiger partial charge in [-0.3, -0.25) is 4.79 Å². The maximum Gasteiger partial charge on any atom is 0.248 e. The van der Waals surface area contributed by atoms with Gasteiger partial charge in [-0.05, 0) is 44.2 Å². The first-order valence-electron chi connectivity index (χ1n) is 7.74. The van der Waals surface area contributed by atoms with E-state index in [2.05, 4.69) is 19.9 Å². The van der Waals surface area contributed by atoms with Crippen LogP contribution in [0.25, 0.3) is 0 Å². The average molecular weight is 286 g/mol. The van der Waals surface area contributed by atoms with Gasteiger partial charge in [0.15, 0.2) is 0 Å². The van der Waals surface area contributed by atoms with Crippen molar-refractivity contribution in [2.75, 3.05) is 6.54 Å². The van der Waals surface area contributed by atoms with Crippen molar-refractivity contribution in [3.8, 4) is 0 Å². The number of hydrogen-bond acceptors (Lipinski definition) is 3. The fraction of sp³-hybridized carbons (Fsp3) is 0.500. The maximum absolute atomic E-state index is 11.4. The highest BCUT2D eigenvalue weighted by Crippen LogP contribution is 2.27. The lowest BCUT2D eigenvalue weighted by Crippen LogP contribution is -2.28.